The van der Waals surface area contributed by atoms with Gasteiger partial charge in [0.05, 0.1) is 5.56 Å². The summed E-state index contributed by atoms with van der Waals surface area (Å²) >= 11 is 0. The number of hydrogen-bond donors (Lipinski definition) is 1. The van der Waals surface area contributed by atoms with Crippen molar-refractivity contribution in [2.75, 3.05) is 13.1 Å². The van der Waals surface area contributed by atoms with E-state index in [1.165, 1.54) is 12.1 Å². The molecule has 1 fully saturated rings. The molecule has 1 heterocycles. The largest absolute Gasteiger partial charge is 0.416 e. The van der Waals surface area contributed by atoms with E-state index in [9.17, 15) is 13.2 Å². The Hall–Kier alpha value is -1.07. The lowest BCUT2D eigenvalue weighted by atomic mass is 10.0. The van der Waals surface area contributed by atoms with E-state index in [0.29, 0.717) is 24.1 Å². The Balaban J connectivity index is 2.19. The maximum atomic E-state index is 12.8. The van der Waals surface area contributed by atoms with Crippen molar-refractivity contribution in [3.05, 3.63) is 35.4 Å². The second-order valence-electron chi connectivity index (χ2n) is 5.68. The maximum Gasteiger partial charge on any atom is 0.416 e. The second-order valence-corrected chi connectivity index (χ2v) is 5.68. The van der Waals surface area contributed by atoms with Crippen molar-refractivity contribution in [1.82, 2.24) is 4.90 Å². The van der Waals surface area contributed by atoms with Gasteiger partial charge in [0.25, 0.3) is 0 Å². The van der Waals surface area contributed by atoms with Gasteiger partial charge in [-0.05, 0) is 50.4 Å². The third-order valence-corrected chi connectivity index (χ3v) is 4.24. The first-order chi connectivity index (χ1) is 9.32. The van der Waals surface area contributed by atoms with Gasteiger partial charge >= 0.3 is 6.18 Å². The average Bonchev–Trinajstić information content (AvgIpc) is 2.78. The van der Waals surface area contributed by atoms with Crippen LogP contribution in [0.25, 0.3) is 0 Å². The summed E-state index contributed by atoms with van der Waals surface area (Å²) in [5.74, 6) is 0.443. The lowest BCUT2D eigenvalue weighted by Crippen LogP contribution is -2.31. The van der Waals surface area contributed by atoms with Crippen molar-refractivity contribution in [2.24, 2.45) is 11.7 Å². The average molecular weight is 286 g/mol. The molecule has 5 heteroatoms. The number of likely N-dealkylation sites (tertiary alicyclic amines) is 1. The van der Waals surface area contributed by atoms with E-state index in [1.54, 1.807) is 6.07 Å². The molecule has 20 heavy (non-hydrogen) atoms. The molecule has 1 aliphatic rings. The Morgan fingerprint density at radius 1 is 1.40 bits per heavy atom. The molecule has 1 aromatic rings. The molecule has 2 N–H and O–H groups in total. The van der Waals surface area contributed by atoms with Crippen molar-refractivity contribution in [2.45, 2.75) is 38.5 Å². The van der Waals surface area contributed by atoms with Crippen LogP contribution in [0.1, 0.15) is 37.4 Å². The Labute approximate surface area is 117 Å². The first-order valence-electron chi connectivity index (χ1n) is 6.96. The van der Waals surface area contributed by atoms with Gasteiger partial charge < -0.3 is 5.73 Å². The van der Waals surface area contributed by atoms with Crippen molar-refractivity contribution in [3.63, 3.8) is 0 Å². The molecule has 0 bridgehead atoms. The van der Waals surface area contributed by atoms with E-state index >= 15 is 0 Å². The highest BCUT2D eigenvalue weighted by Gasteiger charge is 2.34. The Bertz CT molecular complexity index is 459. The summed E-state index contributed by atoms with van der Waals surface area (Å²) in [5.41, 5.74) is 5.84. The second kappa shape index (κ2) is 5.74. The molecule has 0 spiro atoms. The Morgan fingerprint density at radius 2 is 2.10 bits per heavy atom. The molecule has 0 saturated carbocycles. The molecule has 0 radical (unpaired) electrons. The van der Waals surface area contributed by atoms with Crippen LogP contribution in [0.3, 0.4) is 0 Å². The molecule has 0 amide bonds. The number of benzene rings is 1. The van der Waals surface area contributed by atoms with Gasteiger partial charge in [0.15, 0.2) is 0 Å². The van der Waals surface area contributed by atoms with E-state index < -0.39 is 11.7 Å². The van der Waals surface area contributed by atoms with Gasteiger partial charge in [0.2, 0.25) is 0 Å². The van der Waals surface area contributed by atoms with Crippen molar-refractivity contribution < 1.29 is 13.2 Å². The molecule has 0 aromatic heterocycles. The molecule has 3 unspecified atom stereocenters. The van der Waals surface area contributed by atoms with E-state index in [0.717, 1.165) is 19.0 Å². The predicted octanol–water partition coefficient (Wildman–Crippen LogP) is 3.44. The summed E-state index contributed by atoms with van der Waals surface area (Å²) in [6.45, 7) is 5.57. The van der Waals surface area contributed by atoms with Gasteiger partial charge in [0.1, 0.15) is 0 Å². The van der Waals surface area contributed by atoms with Crippen LogP contribution in [-0.2, 0) is 6.18 Å². The number of nitrogens with zero attached hydrogens (tertiary/aromatic N) is 1. The zero-order valence-electron chi connectivity index (χ0n) is 11.8. The highest BCUT2D eigenvalue weighted by atomic mass is 19.4. The minimum atomic E-state index is -4.29. The van der Waals surface area contributed by atoms with Gasteiger partial charge in [-0.3, -0.25) is 4.90 Å². The van der Waals surface area contributed by atoms with Gasteiger partial charge in [-0.15, -0.1) is 0 Å². The van der Waals surface area contributed by atoms with Crippen LogP contribution in [0, 0.1) is 5.92 Å². The standard InChI is InChI=1S/C15H21F3N2/c1-10-6-12(8-19)9-20(10)11(2)13-4-3-5-14(7-13)15(16,17)18/h3-5,7,10-12H,6,8-9,19H2,1-2H3. The highest BCUT2D eigenvalue weighted by Crippen LogP contribution is 2.35. The van der Waals surface area contributed by atoms with Gasteiger partial charge in [-0.25, -0.2) is 0 Å². The minimum Gasteiger partial charge on any atom is -0.330 e. The van der Waals surface area contributed by atoms with Crippen LogP contribution < -0.4 is 5.73 Å². The zero-order chi connectivity index (χ0) is 14.9. The first-order valence-corrected chi connectivity index (χ1v) is 6.96. The van der Waals surface area contributed by atoms with Crippen LogP contribution in [0.5, 0.6) is 0 Å². The molecule has 0 aliphatic carbocycles. The van der Waals surface area contributed by atoms with E-state index in [4.69, 9.17) is 5.73 Å². The Morgan fingerprint density at radius 3 is 2.65 bits per heavy atom. The SMILES string of the molecule is CC1CC(CN)CN1C(C)c1cccc(C(F)(F)F)c1. The lowest BCUT2D eigenvalue weighted by molar-refractivity contribution is -0.137. The summed E-state index contributed by atoms with van der Waals surface area (Å²) in [6.07, 6.45) is -3.27. The molecule has 2 nitrogen and oxygen atoms in total. The van der Waals surface area contributed by atoms with E-state index in [1.807, 2.05) is 6.92 Å². The summed E-state index contributed by atoms with van der Waals surface area (Å²) in [5, 5.41) is 0. The summed E-state index contributed by atoms with van der Waals surface area (Å²) in [4.78, 5) is 2.24. The number of rotatable bonds is 3. The molecule has 1 aliphatic heterocycles. The third-order valence-electron chi connectivity index (χ3n) is 4.24. The molecule has 1 aromatic carbocycles. The van der Waals surface area contributed by atoms with E-state index in [-0.39, 0.29) is 6.04 Å². The summed E-state index contributed by atoms with van der Waals surface area (Å²) in [6, 6.07) is 5.95. The molecule has 3 atom stereocenters. The predicted molar refractivity (Wildman–Crippen MR) is 73.2 cm³/mol. The summed E-state index contributed by atoms with van der Waals surface area (Å²) in [7, 11) is 0. The monoisotopic (exact) mass is 286 g/mol. The van der Waals surface area contributed by atoms with Crippen LogP contribution >= 0.6 is 0 Å². The van der Waals surface area contributed by atoms with Crippen LogP contribution in [0.2, 0.25) is 0 Å². The Kier molecular flexibility index (Phi) is 4.39. The van der Waals surface area contributed by atoms with Gasteiger partial charge in [-0.1, -0.05) is 12.1 Å². The topological polar surface area (TPSA) is 29.3 Å². The highest BCUT2D eigenvalue weighted by molar-refractivity contribution is 5.28. The molecule has 112 valence electrons. The van der Waals surface area contributed by atoms with E-state index in [2.05, 4.69) is 11.8 Å². The molecular weight excluding hydrogens is 265 g/mol. The van der Waals surface area contributed by atoms with Crippen LogP contribution in [-0.4, -0.2) is 24.0 Å². The zero-order valence-corrected chi connectivity index (χ0v) is 11.8. The van der Waals surface area contributed by atoms with Crippen molar-refractivity contribution in [3.8, 4) is 0 Å². The first kappa shape index (κ1) is 15.3. The fourth-order valence-electron chi connectivity index (χ4n) is 3.05. The number of halogens is 3. The molecular formula is C15H21F3N2. The lowest BCUT2D eigenvalue weighted by Gasteiger charge is -2.29. The fraction of sp³-hybridized carbons (Fsp3) is 0.600. The third kappa shape index (κ3) is 3.15. The maximum absolute atomic E-state index is 12.8. The van der Waals surface area contributed by atoms with Crippen LogP contribution in [0.4, 0.5) is 13.2 Å². The number of alkyl halides is 3. The quantitative estimate of drug-likeness (QED) is 0.922. The normalized spacial score (nSPS) is 25.9. The molecule has 1 saturated heterocycles. The smallest absolute Gasteiger partial charge is 0.330 e. The van der Waals surface area contributed by atoms with Crippen molar-refractivity contribution in [1.29, 1.82) is 0 Å². The minimum absolute atomic E-state index is 0.0242. The summed E-state index contributed by atoms with van der Waals surface area (Å²) < 4.78 is 38.3. The van der Waals surface area contributed by atoms with Gasteiger partial charge in [-0.2, -0.15) is 13.2 Å². The molecule has 2 rings (SSSR count). The number of nitrogens with two attached hydrogens (primary N) is 1. The fourth-order valence-corrected chi connectivity index (χ4v) is 3.05. The number of hydrogen-bond acceptors (Lipinski definition) is 2. The van der Waals surface area contributed by atoms with Crippen molar-refractivity contribution >= 4 is 0 Å². The van der Waals surface area contributed by atoms with Crippen LogP contribution in [0.15, 0.2) is 24.3 Å². The van der Waals surface area contributed by atoms with Gasteiger partial charge in [0, 0.05) is 18.6 Å².